The Kier molecular flexibility index (Phi) is 2.65. The Bertz CT molecular complexity index is 290. The number of hydrogen-bond donors (Lipinski definition) is 1. The van der Waals surface area contributed by atoms with Crippen LogP contribution in [0.15, 0.2) is 22.7 Å². The topological polar surface area (TPSA) is 12.0 Å². The first-order chi connectivity index (χ1) is 6.27. The van der Waals surface area contributed by atoms with E-state index >= 15 is 0 Å². The zero-order valence-corrected chi connectivity index (χ0v) is 8.77. The highest BCUT2D eigenvalue weighted by molar-refractivity contribution is 9.10. The van der Waals surface area contributed by atoms with Crippen molar-refractivity contribution in [1.29, 1.82) is 0 Å². The van der Waals surface area contributed by atoms with E-state index in [1.165, 1.54) is 18.9 Å². The molecular formula is C10H11BrFN. The van der Waals surface area contributed by atoms with Crippen LogP contribution in [0, 0.1) is 5.82 Å². The van der Waals surface area contributed by atoms with Crippen LogP contribution in [0.5, 0.6) is 0 Å². The third-order valence-electron chi connectivity index (χ3n) is 2.21. The lowest BCUT2D eigenvalue weighted by atomic mass is 10.2. The molecular weight excluding hydrogens is 233 g/mol. The maximum Gasteiger partial charge on any atom is 0.128 e. The van der Waals surface area contributed by atoms with Gasteiger partial charge in [-0.05, 0) is 25.0 Å². The fraction of sp³-hybridized carbons (Fsp3) is 0.400. The van der Waals surface area contributed by atoms with Crippen LogP contribution in [-0.4, -0.2) is 6.04 Å². The predicted molar refractivity (Wildman–Crippen MR) is 54.0 cm³/mol. The van der Waals surface area contributed by atoms with Gasteiger partial charge in [-0.3, -0.25) is 0 Å². The molecule has 0 unspecified atom stereocenters. The second-order valence-electron chi connectivity index (χ2n) is 3.36. The van der Waals surface area contributed by atoms with E-state index in [2.05, 4.69) is 21.2 Å². The zero-order chi connectivity index (χ0) is 9.26. The summed E-state index contributed by atoms with van der Waals surface area (Å²) in [5.74, 6) is -0.137. The Morgan fingerprint density at radius 1 is 1.46 bits per heavy atom. The lowest BCUT2D eigenvalue weighted by Crippen LogP contribution is -2.16. The lowest BCUT2D eigenvalue weighted by Gasteiger charge is -2.06. The van der Waals surface area contributed by atoms with Gasteiger partial charge in [-0.1, -0.05) is 22.0 Å². The van der Waals surface area contributed by atoms with Crippen molar-refractivity contribution in [1.82, 2.24) is 5.32 Å². The maximum absolute atomic E-state index is 13.3. The van der Waals surface area contributed by atoms with Crippen molar-refractivity contribution in [3.05, 3.63) is 34.1 Å². The Morgan fingerprint density at radius 2 is 2.23 bits per heavy atom. The highest BCUT2D eigenvalue weighted by Gasteiger charge is 2.20. The molecule has 1 aromatic carbocycles. The molecule has 1 N–H and O–H groups in total. The van der Waals surface area contributed by atoms with E-state index in [1.807, 2.05) is 6.07 Å². The number of halogens is 2. The molecule has 1 fully saturated rings. The Balaban J connectivity index is 2.07. The fourth-order valence-electron chi connectivity index (χ4n) is 1.24. The summed E-state index contributed by atoms with van der Waals surface area (Å²) in [7, 11) is 0. The minimum atomic E-state index is -0.137. The number of hydrogen-bond acceptors (Lipinski definition) is 1. The van der Waals surface area contributed by atoms with Gasteiger partial charge < -0.3 is 5.32 Å². The van der Waals surface area contributed by atoms with Gasteiger partial charge in [0.2, 0.25) is 0 Å². The molecule has 0 radical (unpaired) electrons. The van der Waals surface area contributed by atoms with Crippen molar-refractivity contribution >= 4 is 15.9 Å². The third kappa shape index (κ3) is 2.29. The maximum atomic E-state index is 13.3. The molecule has 0 aromatic heterocycles. The SMILES string of the molecule is Fc1cccc(Br)c1CNC1CC1. The molecule has 0 spiro atoms. The van der Waals surface area contributed by atoms with Crippen LogP contribution in [0.3, 0.4) is 0 Å². The molecule has 0 heterocycles. The molecule has 1 aliphatic rings. The van der Waals surface area contributed by atoms with Crippen LogP contribution in [-0.2, 0) is 6.54 Å². The van der Waals surface area contributed by atoms with Gasteiger partial charge in [0.15, 0.2) is 0 Å². The molecule has 0 atom stereocenters. The second-order valence-corrected chi connectivity index (χ2v) is 4.21. The normalized spacial score (nSPS) is 16.2. The second kappa shape index (κ2) is 3.76. The molecule has 1 nitrogen and oxygen atoms in total. The molecule has 0 amide bonds. The summed E-state index contributed by atoms with van der Waals surface area (Å²) in [5.41, 5.74) is 0.731. The first kappa shape index (κ1) is 9.16. The van der Waals surface area contributed by atoms with Crippen LogP contribution in [0.25, 0.3) is 0 Å². The summed E-state index contributed by atoms with van der Waals surface area (Å²) in [6.45, 7) is 0.623. The predicted octanol–water partition coefficient (Wildman–Crippen LogP) is 2.84. The van der Waals surface area contributed by atoms with Crippen molar-refractivity contribution in [2.75, 3.05) is 0 Å². The first-order valence-corrected chi connectivity index (χ1v) is 5.23. The average Bonchev–Trinajstić information content (AvgIpc) is 2.87. The average molecular weight is 244 g/mol. The molecule has 70 valence electrons. The van der Waals surface area contributed by atoms with Gasteiger partial charge in [0, 0.05) is 22.6 Å². The van der Waals surface area contributed by atoms with E-state index in [1.54, 1.807) is 6.07 Å². The van der Waals surface area contributed by atoms with Crippen molar-refractivity contribution in [2.24, 2.45) is 0 Å². The lowest BCUT2D eigenvalue weighted by molar-refractivity contribution is 0.585. The smallest absolute Gasteiger partial charge is 0.128 e. The van der Waals surface area contributed by atoms with Crippen LogP contribution in [0.1, 0.15) is 18.4 Å². The van der Waals surface area contributed by atoms with Gasteiger partial charge in [0.1, 0.15) is 5.82 Å². The van der Waals surface area contributed by atoms with Crippen molar-refractivity contribution < 1.29 is 4.39 Å². The number of rotatable bonds is 3. The van der Waals surface area contributed by atoms with Gasteiger partial charge >= 0.3 is 0 Å². The molecule has 13 heavy (non-hydrogen) atoms. The van der Waals surface area contributed by atoms with E-state index < -0.39 is 0 Å². The molecule has 3 heteroatoms. The number of nitrogens with one attached hydrogen (secondary N) is 1. The zero-order valence-electron chi connectivity index (χ0n) is 7.19. The van der Waals surface area contributed by atoms with Crippen molar-refractivity contribution in [2.45, 2.75) is 25.4 Å². The highest BCUT2D eigenvalue weighted by Crippen LogP contribution is 2.23. The van der Waals surface area contributed by atoms with Crippen LogP contribution < -0.4 is 5.32 Å². The molecule has 2 rings (SSSR count). The standard InChI is InChI=1S/C10H11BrFN/c11-9-2-1-3-10(12)8(9)6-13-7-4-5-7/h1-3,7,13H,4-6H2. The van der Waals surface area contributed by atoms with E-state index in [-0.39, 0.29) is 5.82 Å². The quantitative estimate of drug-likeness (QED) is 0.862. The summed E-state index contributed by atoms with van der Waals surface area (Å²) in [4.78, 5) is 0. The molecule has 0 saturated heterocycles. The largest absolute Gasteiger partial charge is 0.310 e. The van der Waals surface area contributed by atoms with Gasteiger partial charge in [-0.25, -0.2) is 4.39 Å². The van der Waals surface area contributed by atoms with Gasteiger partial charge in [0.25, 0.3) is 0 Å². The summed E-state index contributed by atoms with van der Waals surface area (Å²) < 4.78 is 14.1. The third-order valence-corrected chi connectivity index (χ3v) is 2.95. The molecule has 1 aromatic rings. The monoisotopic (exact) mass is 243 g/mol. The van der Waals surface area contributed by atoms with Crippen molar-refractivity contribution in [3.8, 4) is 0 Å². The summed E-state index contributed by atoms with van der Waals surface area (Å²) in [6, 6.07) is 5.69. The van der Waals surface area contributed by atoms with E-state index in [9.17, 15) is 4.39 Å². The summed E-state index contributed by atoms with van der Waals surface area (Å²) in [6.07, 6.45) is 2.46. The van der Waals surface area contributed by atoms with Gasteiger partial charge in [-0.2, -0.15) is 0 Å². The van der Waals surface area contributed by atoms with Gasteiger partial charge in [0.05, 0.1) is 0 Å². The molecule has 0 bridgehead atoms. The highest BCUT2D eigenvalue weighted by atomic mass is 79.9. The Hall–Kier alpha value is -0.410. The minimum Gasteiger partial charge on any atom is -0.310 e. The van der Waals surface area contributed by atoms with Crippen LogP contribution in [0.4, 0.5) is 4.39 Å². The van der Waals surface area contributed by atoms with Crippen LogP contribution in [0.2, 0.25) is 0 Å². The first-order valence-electron chi connectivity index (χ1n) is 4.43. The molecule has 1 aliphatic carbocycles. The van der Waals surface area contributed by atoms with Gasteiger partial charge in [-0.15, -0.1) is 0 Å². The Labute approximate surface area is 85.5 Å². The Morgan fingerprint density at radius 3 is 2.85 bits per heavy atom. The fourth-order valence-corrected chi connectivity index (χ4v) is 1.72. The van der Waals surface area contributed by atoms with Crippen molar-refractivity contribution in [3.63, 3.8) is 0 Å². The minimum absolute atomic E-state index is 0.137. The number of benzene rings is 1. The molecule has 1 saturated carbocycles. The van der Waals surface area contributed by atoms with Crippen LogP contribution >= 0.6 is 15.9 Å². The summed E-state index contributed by atoms with van der Waals surface area (Å²) in [5, 5.41) is 3.28. The van der Waals surface area contributed by atoms with E-state index in [0.29, 0.717) is 12.6 Å². The van der Waals surface area contributed by atoms with E-state index in [4.69, 9.17) is 0 Å². The van der Waals surface area contributed by atoms with E-state index in [0.717, 1.165) is 10.0 Å². The summed E-state index contributed by atoms with van der Waals surface area (Å²) >= 11 is 3.34. The molecule has 0 aliphatic heterocycles.